The predicted octanol–water partition coefficient (Wildman–Crippen LogP) is 2.57. The van der Waals surface area contributed by atoms with Crippen LogP contribution in [0.3, 0.4) is 0 Å². The molecule has 6 heteroatoms. The molecule has 1 aliphatic rings. The van der Waals surface area contributed by atoms with Crippen molar-refractivity contribution >= 4 is 38.9 Å². The minimum absolute atomic E-state index is 0.0246. The number of thiazole rings is 1. The fourth-order valence-corrected chi connectivity index (χ4v) is 3.48. The molecule has 0 bridgehead atoms. The first-order valence-electron chi connectivity index (χ1n) is 5.95. The smallest absolute Gasteiger partial charge is 0.270 e. The first-order valence-corrected chi connectivity index (χ1v) is 7.56. The zero-order valence-corrected chi connectivity index (χ0v) is 12.5. The van der Waals surface area contributed by atoms with Gasteiger partial charge in [-0.1, -0.05) is 22.0 Å². The van der Waals surface area contributed by atoms with E-state index in [-0.39, 0.29) is 5.91 Å². The Hall–Kier alpha value is -1.24. The molecule has 4 nitrogen and oxygen atoms in total. The number of benzene rings is 1. The van der Waals surface area contributed by atoms with Gasteiger partial charge in [-0.3, -0.25) is 4.79 Å². The van der Waals surface area contributed by atoms with Gasteiger partial charge in [0, 0.05) is 29.7 Å². The number of hydrogen-bond acceptors (Lipinski definition) is 4. The van der Waals surface area contributed by atoms with Crippen molar-refractivity contribution in [2.75, 3.05) is 11.4 Å². The predicted molar refractivity (Wildman–Crippen MR) is 79.5 cm³/mol. The number of anilines is 1. The van der Waals surface area contributed by atoms with E-state index >= 15 is 0 Å². The number of aromatic nitrogens is 1. The van der Waals surface area contributed by atoms with Gasteiger partial charge in [-0.2, -0.15) is 0 Å². The van der Waals surface area contributed by atoms with Crippen LogP contribution in [-0.4, -0.2) is 17.4 Å². The van der Waals surface area contributed by atoms with E-state index in [0.29, 0.717) is 13.1 Å². The highest BCUT2D eigenvalue weighted by atomic mass is 79.9. The second-order valence-electron chi connectivity index (χ2n) is 4.27. The zero-order valence-electron chi connectivity index (χ0n) is 10.1. The summed E-state index contributed by atoms with van der Waals surface area (Å²) in [6, 6.07) is 7.77. The van der Waals surface area contributed by atoms with Gasteiger partial charge in [0.2, 0.25) is 0 Å². The molecule has 1 aromatic carbocycles. The number of rotatable bonds is 2. The van der Waals surface area contributed by atoms with Gasteiger partial charge in [0.05, 0.1) is 5.69 Å². The molecule has 0 saturated heterocycles. The summed E-state index contributed by atoms with van der Waals surface area (Å²) in [5.74, 6) is 0.0246. The quantitative estimate of drug-likeness (QED) is 0.916. The van der Waals surface area contributed by atoms with Crippen molar-refractivity contribution in [1.29, 1.82) is 0 Å². The van der Waals surface area contributed by atoms with Gasteiger partial charge in [0.25, 0.3) is 5.91 Å². The van der Waals surface area contributed by atoms with Crippen LogP contribution in [0.4, 0.5) is 5.69 Å². The Balaban J connectivity index is 1.97. The second kappa shape index (κ2) is 5.03. The molecule has 0 saturated carbocycles. The number of amides is 1. The fraction of sp³-hybridized carbons (Fsp3) is 0.231. The summed E-state index contributed by atoms with van der Waals surface area (Å²) in [4.78, 5) is 19.4. The van der Waals surface area contributed by atoms with Gasteiger partial charge < -0.3 is 10.6 Å². The molecule has 0 unspecified atom stereocenters. The van der Waals surface area contributed by atoms with Crippen molar-refractivity contribution in [1.82, 2.24) is 4.98 Å². The summed E-state index contributed by atoms with van der Waals surface area (Å²) in [5, 5.41) is 0.828. The summed E-state index contributed by atoms with van der Waals surface area (Å²) in [6.45, 7) is 1.05. The van der Waals surface area contributed by atoms with E-state index < -0.39 is 0 Å². The van der Waals surface area contributed by atoms with Crippen LogP contribution < -0.4 is 10.6 Å². The lowest BCUT2D eigenvalue weighted by Gasteiger charge is -2.26. The number of nitrogens with zero attached hydrogens (tertiary/aromatic N) is 2. The van der Waals surface area contributed by atoms with Crippen LogP contribution in [-0.2, 0) is 13.0 Å². The SMILES string of the molecule is NCc1nc2c(s1)C(=O)N(c1cccc(Br)c1)CC2. The summed E-state index contributed by atoms with van der Waals surface area (Å²) in [6.07, 6.45) is 0.782. The van der Waals surface area contributed by atoms with E-state index in [0.717, 1.165) is 32.2 Å². The lowest BCUT2D eigenvalue weighted by Crippen LogP contribution is -2.36. The summed E-state index contributed by atoms with van der Waals surface area (Å²) < 4.78 is 0.968. The number of carbonyl (C=O) groups excluding carboxylic acids is 1. The molecule has 98 valence electrons. The summed E-state index contributed by atoms with van der Waals surface area (Å²) in [7, 11) is 0. The lowest BCUT2D eigenvalue weighted by molar-refractivity contribution is 0.0984. The van der Waals surface area contributed by atoms with E-state index in [2.05, 4.69) is 20.9 Å². The third kappa shape index (κ3) is 2.31. The first-order chi connectivity index (χ1) is 9.19. The Morgan fingerprint density at radius 2 is 2.32 bits per heavy atom. The van der Waals surface area contributed by atoms with Crippen LogP contribution in [0.25, 0.3) is 0 Å². The molecule has 1 amide bonds. The number of halogens is 1. The molecule has 3 rings (SSSR count). The Morgan fingerprint density at radius 3 is 3.05 bits per heavy atom. The van der Waals surface area contributed by atoms with Crippen molar-refractivity contribution in [2.45, 2.75) is 13.0 Å². The Labute approximate surface area is 123 Å². The van der Waals surface area contributed by atoms with Crippen LogP contribution in [0, 0.1) is 0 Å². The van der Waals surface area contributed by atoms with E-state index in [9.17, 15) is 4.79 Å². The molecule has 19 heavy (non-hydrogen) atoms. The minimum atomic E-state index is 0.0246. The van der Waals surface area contributed by atoms with Crippen LogP contribution in [0.15, 0.2) is 28.7 Å². The molecule has 2 heterocycles. The van der Waals surface area contributed by atoms with Gasteiger partial charge in [-0.25, -0.2) is 4.98 Å². The molecule has 0 aliphatic carbocycles. The maximum Gasteiger partial charge on any atom is 0.270 e. The monoisotopic (exact) mass is 337 g/mol. The van der Waals surface area contributed by atoms with Crippen LogP contribution in [0.5, 0.6) is 0 Å². The van der Waals surface area contributed by atoms with Crippen molar-refractivity contribution < 1.29 is 4.79 Å². The maximum atomic E-state index is 12.5. The molecular weight excluding hydrogens is 326 g/mol. The fourth-order valence-electron chi connectivity index (χ4n) is 2.16. The van der Waals surface area contributed by atoms with Crippen LogP contribution >= 0.6 is 27.3 Å². The topological polar surface area (TPSA) is 59.2 Å². The first kappa shape index (κ1) is 12.8. The minimum Gasteiger partial charge on any atom is -0.325 e. The van der Waals surface area contributed by atoms with E-state index in [1.165, 1.54) is 11.3 Å². The Bertz CT molecular complexity index is 641. The van der Waals surface area contributed by atoms with Crippen molar-refractivity contribution in [3.63, 3.8) is 0 Å². The maximum absolute atomic E-state index is 12.5. The molecule has 2 N–H and O–H groups in total. The van der Waals surface area contributed by atoms with Gasteiger partial charge in [-0.05, 0) is 18.2 Å². The summed E-state index contributed by atoms with van der Waals surface area (Å²) in [5.41, 5.74) is 7.39. The van der Waals surface area contributed by atoms with Crippen LogP contribution in [0.2, 0.25) is 0 Å². The highest BCUT2D eigenvalue weighted by molar-refractivity contribution is 9.10. The van der Waals surface area contributed by atoms with Crippen molar-refractivity contribution in [3.8, 4) is 0 Å². The number of fused-ring (bicyclic) bond motifs is 1. The van der Waals surface area contributed by atoms with E-state index in [1.807, 2.05) is 24.3 Å². The third-order valence-corrected chi connectivity index (χ3v) is 4.65. The van der Waals surface area contributed by atoms with E-state index in [4.69, 9.17) is 5.73 Å². The molecule has 0 atom stereocenters. The van der Waals surface area contributed by atoms with Gasteiger partial charge in [0.15, 0.2) is 0 Å². The van der Waals surface area contributed by atoms with E-state index in [1.54, 1.807) is 4.90 Å². The van der Waals surface area contributed by atoms with Crippen molar-refractivity contribution in [3.05, 3.63) is 44.3 Å². The second-order valence-corrected chi connectivity index (χ2v) is 6.27. The molecular formula is C13H12BrN3OS. The Kier molecular flexibility index (Phi) is 3.38. The third-order valence-electron chi connectivity index (χ3n) is 3.05. The highest BCUT2D eigenvalue weighted by Gasteiger charge is 2.29. The number of carbonyl (C=O) groups is 1. The molecule has 2 aromatic rings. The highest BCUT2D eigenvalue weighted by Crippen LogP contribution is 2.29. The average molecular weight is 338 g/mol. The largest absolute Gasteiger partial charge is 0.325 e. The Morgan fingerprint density at radius 1 is 1.47 bits per heavy atom. The van der Waals surface area contributed by atoms with Gasteiger partial charge in [0.1, 0.15) is 9.88 Å². The normalized spacial score (nSPS) is 14.6. The lowest BCUT2D eigenvalue weighted by atomic mass is 10.1. The molecule has 0 fully saturated rings. The molecule has 0 spiro atoms. The molecule has 1 aliphatic heterocycles. The van der Waals surface area contributed by atoms with Gasteiger partial charge in [-0.15, -0.1) is 11.3 Å². The van der Waals surface area contributed by atoms with Crippen molar-refractivity contribution in [2.24, 2.45) is 5.73 Å². The average Bonchev–Trinajstić information content (AvgIpc) is 2.83. The standard InChI is InChI=1S/C13H12BrN3OS/c14-8-2-1-3-9(6-8)17-5-4-10-12(13(17)18)19-11(7-15)16-10/h1-3,6H,4-5,7,15H2. The number of hydrogen-bond donors (Lipinski definition) is 1. The zero-order chi connectivity index (χ0) is 13.4. The van der Waals surface area contributed by atoms with Crippen LogP contribution in [0.1, 0.15) is 20.4 Å². The molecule has 1 aromatic heterocycles. The molecule has 0 radical (unpaired) electrons. The van der Waals surface area contributed by atoms with Gasteiger partial charge >= 0.3 is 0 Å². The summed E-state index contributed by atoms with van der Waals surface area (Å²) >= 11 is 4.84. The number of nitrogens with two attached hydrogens (primary N) is 1.